The molecule has 0 saturated carbocycles. The molecule has 0 aliphatic carbocycles. The minimum absolute atomic E-state index is 0.677. The zero-order valence-electron chi connectivity index (χ0n) is 12.3. The third-order valence-corrected chi connectivity index (χ3v) is 3.82. The van der Waals surface area contributed by atoms with Gasteiger partial charge in [-0.25, -0.2) is 18.0 Å². The number of aromatic nitrogens is 8. The SMILES string of the molecule is C/C=C/n1nnn(CS(=O)(=O)Cn2nnn(/C=C/C)c2=O)c1=O. The molecule has 0 fully saturated rings. The molecule has 0 radical (unpaired) electrons. The Hall–Kier alpha value is -2.83. The Morgan fingerprint density at radius 3 is 1.57 bits per heavy atom. The molecule has 0 saturated heterocycles. The summed E-state index contributed by atoms with van der Waals surface area (Å²) in [5.74, 6) is -1.46. The normalized spacial score (nSPS) is 12.6. The van der Waals surface area contributed by atoms with Crippen molar-refractivity contribution in [2.45, 2.75) is 25.6 Å². The highest BCUT2D eigenvalue weighted by molar-refractivity contribution is 7.89. The maximum Gasteiger partial charge on any atom is 0.368 e. The number of hydrogen-bond acceptors (Lipinski definition) is 8. The maximum absolute atomic E-state index is 12.1. The van der Waals surface area contributed by atoms with E-state index in [1.54, 1.807) is 26.0 Å². The van der Waals surface area contributed by atoms with Crippen molar-refractivity contribution in [1.29, 1.82) is 0 Å². The molecule has 0 unspecified atom stereocenters. The number of hydrogen-bond donors (Lipinski definition) is 0. The van der Waals surface area contributed by atoms with Gasteiger partial charge in [-0.3, -0.25) is 0 Å². The summed E-state index contributed by atoms with van der Waals surface area (Å²) in [7, 11) is -3.89. The van der Waals surface area contributed by atoms with Crippen LogP contribution >= 0.6 is 0 Å². The van der Waals surface area contributed by atoms with Crippen molar-refractivity contribution in [3.05, 3.63) is 33.1 Å². The van der Waals surface area contributed by atoms with E-state index in [2.05, 4.69) is 20.9 Å². The lowest BCUT2D eigenvalue weighted by atomic mass is 10.7. The molecule has 0 aliphatic rings. The fraction of sp³-hybridized carbons (Fsp3) is 0.400. The van der Waals surface area contributed by atoms with Gasteiger partial charge in [-0.05, 0) is 34.7 Å². The summed E-state index contributed by atoms with van der Waals surface area (Å²) in [5, 5.41) is 13.9. The van der Waals surface area contributed by atoms with Gasteiger partial charge < -0.3 is 0 Å². The van der Waals surface area contributed by atoms with Gasteiger partial charge >= 0.3 is 11.4 Å². The van der Waals surface area contributed by atoms with E-state index in [0.29, 0.717) is 9.36 Å². The molecule has 2 aromatic rings. The Morgan fingerprint density at radius 2 is 1.22 bits per heavy atom. The number of sulfone groups is 1. The Kier molecular flexibility index (Phi) is 4.68. The summed E-state index contributed by atoms with van der Waals surface area (Å²) in [4.78, 5) is 23.6. The molecule has 0 spiro atoms. The average Bonchev–Trinajstić information content (AvgIpc) is 2.98. The van der Waals surface area contributed by atoms with Gasteiger partial charge in [-0.2, -0.15) is 18.7 Å². The zero-order valence-corrected chi connectivity index (χ0v) is 13.2. The van der Waals surface area contributed by atoms with E-state index in [9.17, 15) is 18.0 Å². The van der Waals surface area contributed by atoms with Gasteiger partial charge in [-0.1, -0.05) is 12.2 Å². The van der Waals surface area contributed by atoms with Crippen LogP contribution in [0.15, 0.2) is 21.7 Å². The van der Waals surface area contributed by atoms with E-state index in [-0.39, 0.29) is 0 Å². The zero-order chi connectivity index (χ0) is 17.0. The van der Waals surface area contributed by atoms with E-state index in [1.807, 2.05) is 0 Å². The van der Waals surface area contributed by atoms with Gasteiger partial charge in [0, 0.05) is 12.4 Å². The van der Waals surface area contributed by atoms with Crippen molar-refractivity contribution in [2.24, 2.45) is 0 Å². The lowest BCUT2D eigenvalue weighted by molar-refractivity contribution is 0.543. The van der Waals surface area contributed by atoms with Crippen LogP contribution in [-0.4, -0.2) is 48.0 Å². The number of rotatable bonds is 6. The first-order valence-corrected chi connectivity index (χ1v) is 8.20. The van der Waals surface area contributed by atoms with Crippen LogP contribution < -0.4 is 11.4 Å². The lowest BCUT2D eigenvalue weighted by Crippen LogP contribution is -2.31. The fourth-order valence-corrected chi connectivity index (χ4v) is 2.77. The van der Waals surface area contributed by atoms with Crippen molar-refractivity contribution in [1.82, 2.24) is 39.6 Å². The minimum atomic E-state index is -3.89. The highest BCUT2D eigenvalue weighted by atomic mass is 32.2. The van der Waals surface area contributed by atoms with Gasteiger partial charge in [0.1, 0.15) is 0 Å². The molecule has 0 N–H and O–H groups in total. The largest absolute Gasteiger partial charge is 0.368 e. The highest BCUT2D eigenvalue weighted by Crippen LogP contribution is 1.96. The standard InChI is InChI=1S/C10H14N8O4S/c1-3-5-15-9(19)17(13-11-15)7-23(21,22)8-18-10(20)16(6-4-2)12-14-18/h3-6H,7-8H2,1-2H3/b5-3+,6-4+. The maximum atomic E-state index is 12.1. The molecular formula is C10H14N8O4S. The molecule has 124 valence electrons. The molecule has 0 bridgehead atoms. The highest BCUT2D eigenvalue weighted by Gasteiger charge is 2.19. The first kappa shape index (κ1) is 16.5. The van der Waals surface area contributed by atoms with Crippen LogP contribution in [0, 0.1) is 0 Å². The Balaban J connectivity index is 2.23. The first-order chi connectivity index (χ1) is 10.9. The molecule has 13 heteroatoms. The Morgan fingerprint density at radius 1 is 0.826 bits per heavy atom. The van der Waals surface area contributed by atoms with E-state index in [4.69, 9.17) is 0 Å². The third-order valence-electron chi connectivity index (χ3n) is 2.54. The van der Waals surface area contributed by atoms with Gasteiger partial charge in [0.2, 0.25) is 0 Å². The van der Waals surface area contributed by atoms with Gasteiger partial charge in [0.15, 0.2) is 21.6 Å². The van der Waals surface area contributed by atoms with Gasteiger partial charge in [0.05, 0.1) is 0 Å². The van der Waals surface area contributed by atoms with Crippen molar-refractivity contribution < 1.29 is 8.42 Å². The summed E-state index contributed by atoms with van der Waals surface area (Å²) < 4.78 is 27.3. The lowest BCUT2D eigenvalue weighted by Gasteiger charge is -2.01. The van der Waals surface area contributed by atoms with Crippen LogP contribution in [0.3, 0.4) is 0 Å². The van der Waals surface area contributed by atoms with Crippen molar-refractivity contribution in [3.8, 4) is 0 Å². The second-order valence-corrected chi connectivity index (χ2v) is 6.38. The molecule has 2 rings (SSSR count). The van der Waals surface area contributed by atoms with E-state index >= 15 is 0 Å². The Labute approximate surface area is 129 Å². The molecular weight excluding hydrogens is 328 g/mol. The minimum Gasteiger partial charge on any atom is -0.244 e. The predicted molar refractivity (Wildman–Crippen MR) is 79.5 cm³/mol. The summed E-state index contributed by atoms with van der Waals surface area (Å²) in [5.41, 5.74) is -1.42. The smallest absolute Gasteiger partial charge is 0.244 e. The van der Waals surface area contributed by atoms with Crippen LogP contribution in [0.1, 0.15) is 13.8 Å². The molecule has 23 heavy (non-hydrogen) atoms. The summed E-state index contributed by atoms with van der Waals surface area (Å²) in [6.07, 6.45) is 5.78. The fourth-order valence-electron chi connectivity index (χ4n) is 1.62. The average molecular weight is 342 g/mol. The predicted octanol–water partition coefficient (Wildman–Crippen LogP) is -1.80. The Bertz CT molecular complexity index is 885. The van der Waals surface area contributed by atoms with E-state index in [1.165, 1.54) is 12.4 Å². The van der Waals surface area contributed by atoms with E-state index < -0.39 is 33.0 Å². The molecule has 2 aromatic heterocycles. The van der Waals surface area contributed by atoms with Crippen molar-refractivity contribution >= 4 is 22.2 Å². The quantitative estimate of drug-likeness (QED) is 0.599. The second-order valence-electron chi connectivity index (χ2n) is 4.38. The van der Waals surface area contributed by atoms with Crippen molar-refractivity contribution in [3.63, 3.8) is 0 Å². The summed E-state index contributed by atoms with van der Waals surface area (Å²) in [6, 6.07) is 0. The number of tetrazole rings is 2. The topological polar surface area (TPSA) is 140 Å². The molecule has 0 amide bonds. The third kappa shape index (κ3) is 3.68. The first-order valence-electron chi connectivity index (χ1n) is 6.38. The molecule has 12 nitrogen and oxygen atoms in total. The van der Waals surface area contributed by atoms with Crippen LogP contribution in [0.4, 0.5) is 0 Å². The van der Waals surface area contributed by atoms with Crippen molar-refractivity contribution in [2.75, 3.05) is 0 Å². The van der Waals surface area contributed by atoms with Gasteiger partial charge in [-0.15, -0.1) is 0 Å². The van der Waals surface area contributed by atoms with Crippen LogP contribution in [0.2, 0.25) is 0 Å². The summed E-state index contributed by atoms with van der Waals surface area (Å²) >= 11 is 0. The monoisotopic (exact) mass is 342 g/mol. The molecule has 0 aliphatic heterocycles. The van der Waals surface area contributed by atoms with Crippen LogP contribution in [0.5, 0.6) is 0 Å². The van der Waals surface area contributed by atoms with E-state index in [0.717, 1.165) is 9.36 Å². The number of allylic oxidation sites excluding steroid dienone is 2. The summed E-state index contributed by atoms with van der Waals surface area (Å²) in [6.45, 7) is 3.34. The molecule has 2 heterocycles. The van der Waals surface area contributed by atoms with Crippen LogP contribution in [0.25, 0.3) is 12.4 Å². The van der Waals surface area contributed by atoms with Gasteiger partial charge in [0.25, 0.3) is 0 Å². The number of nitrogens with zero attached hydrogens (tertiary/aromatic N) is 8. The second kappa shape index (κ2) is 6.51. The van der Waals surface area contributed by atoms with Crippen LogP contribution in [-0.2, 0) is 21.6 Å². The molecule has 0 atom stereocenters. The molecule has 0 aromatic carbocycles.